The third kappa shape index (κ3) is 5.21. The lowest BCUT2D eigenvalue weighted by molar-refractivity contribution is -0.113. The van der Waals surface area contributed by atoms with Gasteiger partial charge in [-0.05, 0) is 53.9 Å². The number of aromatic nitrogens is 2. The summed E-state index contributed by atoms with van der Waals surface area (Å²) in [6.45, 7) is 2.39. The largest absolute Gasteiger partial charge is 0.325 e. The SMILES string of the molecule is CCc1cccc(NC(=O)CSc2nc3ccccc3c(=O)n2Cc2cccc(Cl)c2)c1. The number of nitrogens with zero attached hydrogens (tertiary/aromatic N) is 2. The zero-order valence-electron chi connectivity index (χ0n) is 17.5. The van der Waals surface area contributed by atoms with Crippen LogP contribution in [-0.2, 0) is 17.8 Å². The first kappa shape index (κ1) is 22.1. The summed E-state index contributed by atoms with van der Waals surface area (Å²) in [5.74, 6) is -0.0172. The fourth-order valence-corrected chi connectivity index (χ4v) is 4.42. The van der Waals surface area contributed by atoms with E-state index < -0.39 is 0 Å². The van der Waals surface area contributed by atoms with Crippen LogP contribution in [-0.4, -0.2) is 21.2 Å². The number of anilines is 1. The summed E-state index contributed by atoms with van der Waals surface area (Å²) < 4.78 is 1.60. The van der Waals surface area contributed by atoms with Crippen molar-refractivity contribution < 1.29 is 4.79 Å². The fourth-order valence-electron chi connectivity index (χ4n) is 3.41. The Hall–Kier alpha value is -3.09. The lowest BCUT2D eigenvalue weighted by Gasteiger charge is -2.13. The first-order chi connectivity index (χ1) is 15.5. The monoisotopic (exact) mass is 463 g/mol. The van der Waals surface area contributed by atoms with Crippen LogP contribution in [0.4, 0.5) is 5.69 Å². The van der Waals surface area contributed by atoms with Gasteiger partial charge in [0.15, 0.2) is 5.16 Å². The minimum Gasteiger partial charge on any atom is -0.325 e. The molecule has 0 spiro atoms. The van der Waals surface area contributed by atoms with Crippen molar-refractivity contribution in [3.63, 3.8) is 0 Å². The smallest absolute Gasteiger partial charge is 0.262 e. The van der Waals surface area contributed by atoms with Crippen molar-refractivity contribution in [3.8, 4) is 0 Å². The number of amides is 1. The Balaban J connectivity index is 1.60. The Bertz CT molecular complexity index is 1340. The Morgan fingerprint density at radius 3 is 2.62 bits per heavy atom. The minimum absolute atomic E-state index is 0.136. The zero-order valence-corrected chi connectivity index (χ0v) is 19.1. The van der Waals surface area contributed by atoms with E-state index in [4.69, 9.17) is 11.6 Å². The molecule has 1 amide bonds. The third-order valence-corrected chi connectivity index (χ3v) is 6.22. The number of hydrogen-bond donors (Lipinski definition) is 1. The van der Waals surface area contributed by atoms with E-state index >= 15 is 0 Å². The van der Waals surface area contributed by atoms with Crippen LogP contribution in [0.5, 0.6) is 0 Å². The molecule has 1 aromatic heterocycles. The molecule has 0 bridgehead atoms. The molecule has 4 aromatic rings. The second-order valence-corrected chi connectivity index (χ2v) is 8.70. The van der Waals surface area contributed by atoms with Gasteiger partial charge in [0.05, 0.1) is 23.2 Å². The Morgan fingerprint density at radius 2 is 1.81 bits per heavy atom. The first-order valence-corrected chi connectivity index (χ1v) is 11.7. The third-order valence-electron chi connectivity index (χ3n) is 5.01. The van der Waals surface area contributed by atoms with E-state index in [0.29, 0.717) is 27.6 Å². The number of rotatable bonds is 7. The van der Waals surface area contributed by atoms with Crippen LogP contribution >= 0.6 is 23.4 Å². The van der Waals surface area contributed by atoms with Gasteiger partial charge < -0.3 is 5.32 Å². The summed E-state index contributed by atoms with van der Waals surface area (Å²) in [6, 6.07) is 22.4. The van der Waals surface area contributed by atoms with E-state index in [1.807, 2.05) is 54.6 Å². The average Bonchev–Trinajstić information content (AvgIpc) is 2.80. The van der Waals surface area contributed by atoms with Gasteiger partial charge in [-0.25, -0.2) is 4.98 Å². The molecule has 0 aliphatic rings. The molecule has 4 rings (SSSR count). The van der Waals surface area contributed by atoms with E-state index in [0.717, 1.165) is 23.2 Å². The van der Waals surface area contributed by atoms with Crippen molar-refractivity contribution in [1.82, 2.24) is 9.55 Å². The Kier molecular flexibility index (Phi) is 6.93. The fraction of sp³-hybridized carbons (Fsp3) is 0.160. The molecule has 0 aliphatic heterocycles. The number of fused-ring (bicyclic) bond motifs is 1. The number of aryl methyl sites for hydroxylation is 1. The van der Waals surface area contributed by atoms with Gasteiger partial charge >= 0.3 is 0 Å². The van der Waals surface area contributed by atoms with Gasteiger partial charge in [0, 0.05) is 10.7 Å². The summed E-state index contributed by atoms with van der Waals surface area (Å²) in [5.41, 5.74) is 3.27. The van der Waals surface area contributed by atoms with Gasteiger partial charge in [-0.1, -0.05) is 66.7 Å². The Morgan fingerprint density at radius 1 is 1.03 bits per heavy atom. The molecule has 1 N–H and O–H groups in total. The maximum Gasteiger partial charge on any atom is 0.262 e. The number of hydrogen-bond acceptors (Lipinski definition) is 4. The highest BCUT2D eigenvalue weighted by Gasteiger charge is 2.14. The molecule has 0 atom stereocenters. The lowest BCUT2D eigenvalue weighted by Crippen LogP contribution is -2.25. The number of thioether (sulfide) groups is 1. The van der Waals surface area contributed by atoms with Crippen molar-refractivity contribution in [2.24, 2.45) is 0 Å². The minimum atomic E-state index is -0.153. The number of carbonyl (C=O) groups is 1. The van der Waals surface area contributed by atoms with E-state index in [1.54, 1.807) is 22.8 Å². The molecule has 0 saturated carbocycles. The van der Waals surface area contributed by atoms with Crippen LogP contribution in [0.1, 0.15) is 18.1 Å². The van der Waals surface area contributed by atoms with Gasteiger partial charge in [0.2, 0.25) is 5.91 Å². The number of para-hydroxylation sites is 1. The van der Waals surface area contributed by atoms with Crippen LogP contribution in [0.25, 0.3) is 10.9 Å². The highest BCUT2D eigenvalue weighted by molar-refractivity contribution is 7.99. The predicted octanol–water partition coefficient (Wildman–Crippen LogP) is 5.39. The van der Waals surface area contributed by atoms with Crippen molar-refractivity contribution in [2.75, 3.05) is 11.1 Å². The van der Waals surface area contributed by atoms with Crippen molar-refractivity contribution in [1.29, 1.82) is 0 Å². The Labute approximate surface area is 195 Å². The topological polar surface area (TPSA) is 64.0 Å². The predicted molar refractivity (Wildman–Crippen MR) is 132 cm³/mol. The second-order valence-electron chi connectivity index (χ2n) is 7.32. The standard InChI is InChI=1S/C25H22ClN3O2S/c1-2-17-7-6-10-20(14-17)27-23(30)16-32-25-28-22-12-4-3-11-21(22)24(31)29(25)15-18-8-5-9-19(26)13-18/h3-14H,2,15-16H2,1H3,(H,27,30). The molecule has 0 fully saturated rings. The molecule has 32 heavy (non-hydrogen) atoms. The van der Waals surface area contributed by atoms with Gasteiger partial charge in [-0.3, -0.25) is 14.2 Å². The second kappa shape index (κ2) is 10.0. The quantitative estimate of drug-likeness (QED) is 0.295. The summed E-state index contributed by atoms with van der Waals surface area (Å²) in [7, 11) is 0. The van der Waals surface area contributed by atoms with Crippen LogP contribution in [0, 0.1) is 0 Å². The van der Waals surface area contributed by atoms with Crippen LogP contribution in [0.15, 0.2) is 82.7 Å². The summed E-state index contributed by atoms with van der Waals surface area (Å²) in [4.78, 5) is 30.5. The number of benzene rings is 3. The van der Waals surface area contributed by atoms with Crippen molar-refractivity contribution in [3.05, 3.63) is 99.3 Å². The summed E-state index contributed by atoms with van der Waals surface area (Å²) in [6.07, 6.45) is 0.898. The van der Waals surface area contributed by atoms with Gasteiger partial charge in [0.25, 0.3) is 5.56 Å². The molecule has 5 nitrogen and oxygen atoms in total. The lowest BCUT2D eigenvalue weighted by atomic mass is 10.1. The number of nitrogens with one attached hydrogen (secondary N) is 1. The normalized spacial score (nSPS) is 10.9. The van der Waals surface area contributed by atoms with E-state index in [1.165, 1.54) is 11.8 Å². The molecule has 162 valence electrons. The van der Waals surface area contributed by atoms with Crippen LogP contribution in [0.3, 0.4) is 0 Å². The molecule has 7 heteroatoms. The molecule has 0 unspecified atom stereocenters. The molecule has 0 radical (unpaired) electrons. The number of halogens is 1. The van der Waals surface area contributed by atoms with Crippen molar-refractivity contribution in [2.45, 2.75) is 25.0 Å². The molecular weight excluding hydrogens is 442 g/mol. The molecule has 3 aromatic carbocycles. The average molecular weight is 464 g/mol. The zero-order chi connectivity index (χ0) is 22.5. The number of carbonyl (C=O) groups excluding carboxylic acids is 1. The highest BCUT2D eigenvalue weighted by atomic mass is 35.5. The van der Waals surface area contributed by atoms with Gasteiger partial charge in [0.1, 0.15) is 0 Å². The van der Waals surface area contributed by atoms with E-state index in [-0.39, 0.29) is 17.2 Å². The van der Waals surface area contributed by atoms with Gasteiger partial charge in [-0.15, -0.1) is 0 Å². The van der Waals surface area contributed by atoms with Crippen LogP contribution in [0.2, 0.25) is 5.02 Å². The van der Waals surface area contributed by atoms with Gasteiger partial charge in [-0.2, -0.15) is 0 Å². The maximum atomic E-state index is 13.2. The van der Waals surface area contributed by atoms with Crippen molar-refractivity contribution >= 4 is 45.9 Å². The van der Waals surface area contributed by atoms with E-state index in [2.05, 4.69) is 17.2 Å². The summed E-state index contributed by atoms with van der Waals surface area (Å²) in [5, 5.41) is 4.56. The van der Waals surface area contributed by atoms with Crippen LogP contribution < -0.4 is 10.9 Å². The molecule has 1 heterocycles. The summed E-state index contributed by atoms with van der Waals surface area (Å²) >= 11 is 7.37. The first-order valence-electron chi connectivity index (χ1n) is 10.3. The molecular formula is C25H22ClN3O2S. The van der Waals surface area contributed by atoms with E-state index in [9.17, 15) is 9.59 Å². The highest BCUT2D eigenvalue weighted by Crippen LogP contribution is 2.21. The molecule has 0 aliphatic carbocycles. The molecule has 0 saturated heterocycles. The maximum absolute atomic E-state index is 13.2.